The number of nitrogens with one attached hydrogen (secondary N) is 1. The third kappa shape index (κ3) is 7.45. The molecule has 0 spiro atoms. The number of carbonyl (C=O) groups is 1. The third-order valence-electron chi connectivity index (χ3n) is 6.07. The first-order valence-electron chi connectivity index (χ1n) is 12.4. The van der Waals surface area contributed by atoms with Crippen molar-refractivity contribution in [2.24, 2.45) is 0 Å². The predicted octanol–water partition coefficient (Wildman–Crippen LogP) is 3.47. The van der Waals surface area contributed by atoms with E-state index in [0.717, 1.165) is 38.0 Å². The summed E-state index contributed by atoms with van der Waals surface area (Å²) in [5, 5.41) is 6.19. The number of pyridine rings is 1. The summed E-state index contributed by atoms with van der Waals surface area (Å²) in [4.78, 5) is 18.4. The third-order valence-corrected chi connectivity index (χ3v) is 8.48. The van der Waals surface area contributed by atoms with Crippen LogP contribution in [-0.2, 0) is 14.0 Å². The van der Waals surface area contributed by atoms with Gasteiger partial charge in [-0.25, -0.2) is 4.62 Å². The molecule has 1 aliphatic heterocycles. The monoisotopic (exact) mass is 504 g/mol. The molecule has 0 atom stereocenters. The Hall–Kier alpha value is -3.09. The van der Waals surface area contributed by atoms with E-state index in [9.17, 15) is 9.36 Å². The van der Waals surface area contributed by atoms with Crippen molar-refractivity contribution >= 4 is 30.0 Å². The molecule has 36 heavy (non-hydrogen) atoms. The fraction of sp³-hybridized carbons (Fsp3) is 0.286. The maximum absolute atomic E-state index is 14.1. The van der Waals surface area contributed by atoms with Crippen LogP contribution in [0.2, 0.25) is 0 Å². The van der Waals surface area contributed by atoms with E-state index in [1.54, 1.807) is 24.5 Å². The summed E-state index contributed by atoms with van der Waals surface area (Å²) in [6.45, 7) is 4.70. The van der Waals surface area contributed by atoms with Gasteiger partial charge in [0.15, 0.2) is 0 Å². The van der Waals surface area contributed by atoms with Crippen LogP contribution >= 0.6 is 7.37 Å². The van der Waals surface area contributed by atoms with Gasteiger partial charge in [0, 0.05) is 61.8 Å². The molecule has 0 saturated carbocycles. The number of hydrogen-bond acceptors (Lipinski definition) is 6. The van der Waals surface area contributed by atoms with Gasteiger partial charge < -0.3 is 10.2 Å². The van der Waals surface area contributed by atoms with Crippen LogP contribution in [0.5, 0.6) is 0 Å². The number of hydroxylamine groups is 2. The van der Waals surface area contributed by atoms with Crippen LogP contribution in [0.4, 0.5) is 0 Å². The summed E-state index contributed by atoms with van der Waals surface area (Å²) in [6, 6.07) is 22.7. The van der Waals surface area contributed by atoms with Crippen molar-refractivity contribution in [2.75, 3.05) is 39.3 Å². The Kier molecular flexibility index (Phi) is 9.59. The molecule has 1 aliphatic rings. The molecule has 1 saturated heterocycles. The second-order valence-corrected chi connectivity index (χ2v) is 11.0. The van der Waals surface area contributed by atoms with Crippen molar-refractivity contribution in [3.63, 3.8) is 0 Å². The minimum atomic E-state index is -3.22. The minimum absolute atomic E-state index is 0.0918. The number of hydrogen-bond donors (Lipinski definition) is 1. The van der Waals surface area contributed by atoms with Gasteiger partial charge in [-0.1, -0.05) is 42.5 Å². The Bertz CT molecular complexity index is 1110. The Labute approximate surface area is 213 Å². The van der Waals surface area contributed by atoms with E-state index in [1.165, 1.54) is 0 Å². The number of nitrogens with zero attached hydrogens (tertiary/aromatic N) is 3. The molecule has 1 amide bonds. The summed E-state index contributed by atoms with van der Waals surface area (Å²) in [6.07, 6.45) is 8.65. The molecule has 1 aromatic heterocycles. The van der Waals surface area contributed by atoms with Crippen molar-refractivity contribution < 1.29 is 14.0 Å². The number of aromatic nitrogens is 1. The van der Waals surface area contributed by atoms with Crippen LogP contribution in [0.15, 0.2) is 91.3 Å². The number of unbranched alkanes of at least 4 members (excludes halogenated alkanes) is 1. The zero-order valence-corrected chi connectivity index (χ0v) is 21.3. The molecule has 0 bridgehead atoms. The second-order valence-electron chi connectivity index (χ2n) is 8.69. The average Bonchev–Trinajstić information content (AvgIpc) is 2.94. The summed E-state index contributed by atoms with van der Waals surface area (Å²) in [5.41, 5.74) is 0.902. The second kappa shape index (κ2) is 13.3. The molecule has 0 aliphatic carbocycles. The highest BCUT2D eigenvalue weighted by Crippen LogP contribution is 2.45. The molecule has 0 radical (unpaired) electrons. The number of piperazine rings is 1. The number of rotatable bonds is 11. The number of carbonyl (C=O) groups excluding carboxylic acids is 1. The molecule has 7 nitrogen and oxygen atoms in total. The molecular formula is C28H33N4O3P. The normalized spacial score (nSPS) is 15.2. The van der Waals surface area contributed by atoms with Gasteiger partial charge in [0.1, 0.15) is 0 Å². The topological polar surface area (TPSA) is 74.8 Å². The van der Waals surface area contributed by atoms with Crippen molar-refractivity contribution in [1.29, 1.82) is 0 Å². The summed E-state index contributed by atoms with van der Waals surface area (Å²) < 4.78 is 20.3. The van der Waals surface area contributed by atoms with Gasteiger partial charge >= 0.3 is 0 Å². The number of benzene rings is 2. The minimum Gasteiger partial charge on any atom is -0.353 e. The van der Waals surface area contributed by atoms with Gasteiger partial charge in [-0.3, -0.25) is 14.3 Å². The van der Waals surface area contributed by atoms with E-state index < -0.39 is 7.37 Å². The van der Waals surface area contributed by atoms with Gasteiger partial charge in [-0.05, 0) is 61.4 Å². The molecule has 0 unspecified atom stereocenters. The smallest absolute Gasteiger partial charge is 0.277 e. The van der Waals surface area contributed by atoms with Crippen LogP contribution in [0.25, 0.3) is 6.08 Å². The van der Waals surface area contributed by atoms with E-state index in [1.807, 2.05) is 77.9 Å². The van der Waals surface area contributed by atoms with Crippen LogP contribution in [0.3, 0.4) is 0 Å². The van der Waals surface area contributed by atoms with Gasteiger partial charge in [-0.15, -0.1) is 0 Å². The Morgan fingerprint density at radius 3 is 2.19 bits per heavy atom. The van der Waals surface area contributed by atoms with Crippen molar-refractivity contribution in [3.8, 4) is 0 Å². The van der Waals surface area contributed by atoms with E-state index >= 15 is 0 Å². The van der Waals surface area contributed by atoms with E-state index in [0.29, 0.717) is 30.2 Å². The molecule has 2 aromatic carbocycles. The molecule has 1 N–H and O–H groups in total. The Morgan fingerprint density at radius 2 is 1.58 bits per heavy atom. The zero-order chi connectivity index (χ0) is 25.1. The standard InChI is InChI=1S/C28H33N4O3P/c33-28(16-15-25-10-9-17-29-24-25)30-18-7-8-19-31-20-22-32(23-21-31)35-36(34,26-11-3-1-4-12-26)27-13-5-2-6-14-27/h1-6,9-17,24H,7-8,18-23H2,(H,30,33). The highest BCUT2D eigenvalue weighted by molar-refractivity contribution is 7.74. The van der Waals surface area contributed by atoms with Gasteiger partial charge in [0.25, 0.3) is 7.37 Å². The predicted molar refractivity (Wildman–Crippen MR) is 144 cm³/mol. The van der Waals surface area contributed by atoms with Crippen molar-refractivity contribution in [1.82, 2.24) is 20.3 Å². The molecule has 4 rings (SSSR count). The van der Waals surface area contributed by atoms with Gasteiger partial charge in [-0.2, -0.15) is 5.06 Å². The van der Waals surface area contributed by atoms with E-state index in [-0.39, 0.29) is 5.91 Å². The van der Waals surface area contributed by atoms with Crippen LogP contribution < -0.4 is 15.9 Å². The lowest BCUT2D eigenvalue weighted by atomic mass is 10.2. The first-order valence-corrected chi connectivity index (χ1v) is 14.0. The van der Waals surface area contributed by atoms with E-state index in [4.69, 9.17) is 4.62 Å². The SMILES string of the molecule is O=C(C=Cc1cccnc1)NCCCCN1CCN(OP(=O)(c2ccccc2)c2ccccc2)CC1. The van der Waals surface area contributed by atoms with Crippen LogP contribution in [0, 0.1) is 0 Å². The highest BCUT2D eigenvalue weighted by atomic mass is 31.2. The van der Waals surface area contributed by atoms with Crippen LogP contribution in [-0.4, -0.2) is 60.1 Å². The zero-order valence-electron chi connectivity index (χ0n) is 20.4. The first kappa shape index (κ1) is 26.0. The Morgan fingerprint density at radius 1 is 0.917 bits per heavy atom. The van der Waals surface area contributed by atoms with Crippen LogP contribution in [0.1, 0.15) is 18.4 Å². The summed E-state index contributed by atoms with van der Waals surface area (Å²) >= 11 is 0. The summed E-state index contributed by atoms with van der Waals surface area (Å²) in [7, 11) is -3.22. The quantitative estimate of drug-likeness (QED) is 0.245. The lowest BCUT2D eigenvalue weighted by Gasteiger charge is -2.35. The first-order chi connectivity index (χ1) is 17.6. The highest BCUT2D eigenvalue weighted by Gasteiger charge is 2.32. The lowest BCUT2D eigenvalue weighted by Crippen LogP contribution is -2.46. The van der Waals surface area contributed by atoms with Gasteiger partial charge in [0.2, 0.25) is 5.91 Å². The summed E-state index contributed by atoms with van der Waals surface area (Å²) in [5.74, 6) is -0.0918. The molecule has 3 aromatic rings. The van der Waals surface area contributed by atoms with E-state index in [2.05, 4.69) is 15.2 Å². The maximum atomic E-state index is 14.1. The molecule has 188 valence electrons. The number of amides is 1. The van der Waals surface area contributed by atoms with Crippen molar-refractivity contribution in [2.45, 2.75) is 12.8 Å². The fourth-order valence-corrected chi connectivity index (χ4v) is 6.17. The average molecular weight is 505 g/mol. The Balaban J connectivity index is 1.18. The molecular weight excluding hydrogens is 471 g/mol. The molecule has 8 heteroatoms. The van der Waals surface area contributed by atoms with Gasteiger partial charge in [0.05, 0.1) is 0 Å². The largest absolute Gasteiger partial charge is 0.353 e. The fourth-order valence-electron chi connectivity index (χ4n) is 4.07. The molecule has 1 fully saturated rings. The molecule has 2 heterocycles. The van der Waals surface area contributed by atoms with Crippen molar-refractivity contribution in [3.05, 3.63) is 96.8 Å². The lowest BCUT2D eigenvalue weighted by molar-refractivity contribution is -0.116. The maximum Gasteiger partial charge on any atom is 0.277 e.